The van der Waals surface area contributed by atoms with Gasteiger partial charge in [-0.25, -0.2) is 0 Å². The van der Waals surface area contributed by atoms with Gasteiger partial charge in [-0.1, -0.05) is 0 Å². The smallest absolute Gasteiger partial charge is 0.0593 e. The first kappa shape index (κ1) is 12.3. The van der Waals surface area contributed by atoms with Crippen LogP contribution >= 0.6 is 0 Å². The van der Waals surface area contributed by atoms with Gasteiger partial charge in [0, 0.05) is 30.3 Å². The van der Waals surface area contributed by atoms with Crippen molar-refractivity contribution in [2.45, 2.75) is 37.8 Å². The quantitative estimate of drug-likeness (QED) is 0.539. The van der Waals surface area contributed by atoms with Gasteiger partial charge in [0.15, 0.2) is 0 Å². The van der Waals surface area contributed by atoms with Crippen molar-refractivity contribution in [3.8, 4) is 0 Å². The Morgan fingerprint density at radius 3 is 3.06 bits per heavy atom. The molecule has 0 radical (unpaired) electrons. The number of rotatable bonds is 4. The van der Waals surface area contributed by atoms with Crippen molar-refractivity contribution in [3.05, 3.63) is 24.0 Å². The van der Waals surface area contributed by atoms with E-state index in [-0.39, 0.29) is 12.1 Å². The molecule has 0 aliphatic carbocycles. The topological polar surface area (TPSA) is 86.2 Å². The van der Waals surface area contributed by atoms with Crippen molar-refractivity contribution < 1.29 is 4.74 Å². The van der Waals surface area contributed by atoms with E-state index in [0.29, 0.717) is 0 Å². The van der Waals surface area contributed by atoms with Crippen molar-refractivity contribution in [1.82, 2.24) is 10.4 Å². The van der Waals surface area contributed by atoms with E-state index in [9.17, 15) is 0 Å². The molecule has 2 atom stereocenters. The van der Waals surface area contributed by atoms with E-state index >= 15 is 0 Å². The summed E-state index contributed by atoms with van der Waals surface area (Å²) in [6.45, 7) is 0.852. The van der Waals surface area contributed by atoms with Crippen molar-refractivity contribution in [2.75, 3.05) is 12.3 Å². The largest absolute Gasteiger partial charge is 0.398 e. The van der Waals surface area contributed by atoms with Gasteiger partial charge in [-0.05, 0) is 31.7 Å². The lowest BCUT2D eigenvalue weighted by Gasteiger charge is -2.27. The lowest BCUT2D eigenvalue weighted by molar-refractivity contribution is 0.00505. The van der Waals surface area contributed by atoms with Crippen LogP contribution in [-0.2, 0) is 4.74 Å². The summed E-state index contributed by atoms with van der Waals surface area (Å²) in [5, 5.41) is 0. The molecule has 1 aromatic heterocycles. The first-order valence-corrected chi connectivity index (χ1v) is 6.08. The van der Waals surface area contributed by atoms with Crippen LogP contribution in [0.25, 0.3) is 0 Å². The summed E-state index contributed by atoms with van der Waals surface area (Å²) in [5.41, 5.74) is 10.4. The van der Waals surface area contributed by atoms with Gasteiger partial charge in [-0.2, -0.15) is 0 Å². The number of aromatic nitrogens is 1. The monoisotopic (exact) mass is 236 g/mol. The number of ether oxygens (including phenoxy) is 1. The molecule has 94 valence electrons. The lowest BCUT2D eigenvalue weighted by atomic mass is 9.97. The van der Waals surface area contributed by atoms with Crippen molar-refractivity contribution in [3.63, 3.8) is 0 Å². The zero-order valence-corrected chi connectivity index (χ0v) is 9.93. The Morgan fingerprint density at radius 2 is 2.41 bits per heavy atom. The molecule has 0 amide bonds. The van der Waals surface area contributed by atoms with Gasteiger partial charge in [0.2, 0.25) is 0 Å². The van der Waals surface area contributed by atoms with Crippen LogP contribution in [0.15, 0.2) is 18.5 Å². The molecule has 0 spiro atoms. The average molecular weight is 236 g/mol. The van der Waals surface area contributed by atoms with Crippen LogP contribution in [-0.4, -0.2) is 17.7 Å². The Labute approximate surface area is 102 Å². The second-order valence-corrected chi connectivity index (χ2v) is 4.45. The highest BCUT2D eigenvalue weighted by Crippen LogP contribution is 2.26. The molecule has 0 bridgehead atoms. The highest BCUT2D eigenvalue weighted by Gasteiger charge is 2.21. The molecular formula is C12H20N4O. The fourth-order valence-corrected chi connectivity index (χ4v) is 2.25. The van der Waals surface area contributed by atoms with E-state index in [1.54, 1.807) is 18.5 Å². The molecule has 5 N–H and O–H groups in total. The summed E-state index contributed by atoms with van der Waals surface area (Å²) in [6, 6.07) is 1.80. The second kappa shape index (κ2) is 5.95. The van der Waals surface area contributed by atoms with Crippen LogP contribution < -0.4 is 17.0 Å². The molecule has 1 aliphatic heterocycles. The summed E-state index contributed by atoms with van der Waals surface area (Å²) in [4.78, 5) is 4.09. The molecule has 1 aliphatic rings. The number of pyridine rings is 1. The molecule has 2 rings (SSSR count). The van der Waals surface area contributed by atoms with Gasteiger partial charge < -0.3 is 10.5 Å². The van der Waals surface area contributed by atoms with Gasteiger partial charge in [0.1, 0.15) is 0 Å². The zero-order chi connectivity index (χ0) is 12.1. The number of nitrogens with two attached hydrogens (primary N) is 2. The molecule has 1 saturated heterocycles. The number of hydrogen-bond donors (Lipinski definition) is 3. The van der Waals surface area contributed by atoms with Gasteiger partial charge in [-0.3, -0.25) is 16.3 Å². The molecule has 2 unspecified atom stereocenters. The first-order chi connectivity index (χ1) is 8.31. The normalized spacial score (nSPS) is 22.3. The predicted octanol–water partition coefficient (Wildman–Crippen LogP) is 1.13. The molecule has 5 nitrogen and oxygen atoms in total. The number of anilines is 1. The van der Waals surface area contributed by atoms with Gasteiger partial charge in [0.25, 0.3) is 0 Å². The van der Waals surface area contributed by atoms with E-state index in [0.717, 1.165) is 37.1 Å². The third kappa shape index (κ3) is 3.15. The van der Waals surface area contributed by atoms with Crippen LogP contribution in [0.5, 0.6) is 0 Å². The molecule has 0 aromatic carbocycles. The van der Waals surface area contributed by atoms with E-state index < -0.39 is 0 Å². The lowest BCUT2D eigenvalue weighted by Crippen LogP contribution is -2.33. The fourth-order valence-electron chi connectivity index (χ4n) is 2.25. The zero-order valence-electron chi connectivity index (χ0n) is 9.93. The summed E-state index contributed by atoms with van der Waals surface area (Å²) >= 11 is 0. The summed E-state index contributed by atoms with van der Waals surface area (Å²) in [7, 11) is 0. The summed E-state index contributed by atoms with van der Waals surface area (Å²) in [6.07, 6.45) is 8.04. The van der Waals surface area contributed by atoms with Crippen molar-refractivity contribution in [2.24, 2.45) is 5.84 Å². The van der Waals surface area contributed by atoms with Crippen LogP contribution in [0, 0.1) is 0 Å². The van der Waals surface area contributed by atoms with Gasteiger partial charge >= 0.3 is 0 Å². The van der Waals surface area contributed by atoms with Crippen LogP contribution in [0.3, 0.4) is 0 Å². The Morgan fingerprint density at radius 1 is 1.53 bits per heavy atom. The number of nitrogen functional groups attached to an aromatic ring is 1. The Bertz CT molecular complexity index is 352. The minimum absolute atomic E-state index is 0.00630. The molecule has 1 aromatic rings. The SMILES string of the molecule is NNC(CC1CCCCO1)c1cnccc1N. The second-order valence-electron chi connectivity index (χ2n) is 4.45. The predicted molar refractivity (Wildman–Crippen MR) is 66.9 cm³/mol. The van der Waals surface area contributed by atoms with E-state index in [1.807, 2.05) is 0 Å². The van der Waals surface area contributed by atoms with Crippen LogP contribution in [0.1, 0.15) is 37.3 Å². The fraction of sp³-hybridized carbons (Fsp3) is 0.583. The molecule has 2 heterocycles. The highest BCUT2D eigenvalue weighted by molar-refractivity contribution is 5.46. The van der Waals surface area contributed by atoms with E-state index in [2.05, 4.69) is 10.4 Å². The molecule has 5 heteroatoms. The summed E-state index contributed by atoms with van der Waals surface area (Å²) < 4.78 is 5.71. The Balaban J connectivity index is 2.03. The third-order valence-electron chi connectivity index (χ3n) is 3.24. The molecule has 1 fully saturated rings. The minimum atomic E-state index is 0.00630. The number of hydrazine groups is 1. The molecule has 17 heavy (non-hydrogen) atoms. The van der Waals surface area contributed by atoms with Gasteiger partial charge in [0.05, 0.1) is 12.1 Å². The average Bonchev–Trinajstić information content (AvgIpc) is 2.38. The van der Waals surface area contributed by atoms with Gasteiger partial charge in [-0.15, -0.1) is 0 Å². The van der Waals surface area contributed by atoms with Crippen LogP contribution in [0.2, 0.25) is 0 Å². The summed E-state index contributed by atoms with van der Waals surface area (Å²) in [5.74, 6) is 5.60. The van der Waals surface area contributed by atoms with E-state index in [1.165, 1.54) is 6.42 Å². The highest BCUT2D eigenvalue weighted by atomic mass is 16.5. The van der Waals surface area contributed by atoms with E-state index in [4.69, 9.17) is 16.3 Å². The Kier molecular flexibility index (Phi) is 4.30. The standard InChI is InChI=1S/C12H20N4O/c13-11-4-5-15-8-10(11)12(16-14)7-9-3-1-2-6-17-9/h4-5,8-9,12,16H,1-3,6-7,14H2,(H2,13,15). The maximum atomic E-state index is 5.93. The molecular weight excluding hydrogens is 216 g/mol. The Hall–Kier alpha value is -1.17. The van der Waals surface area contributed by atoms with Crippen molar-refractivity contribution in [1.29, 1.82) is 0 Å². The maximum Gasteiger partial charge on any atom is 0.0593 e. The molecule has 0 saturated carbocycles. The van der Waals surface area contributed by atoms with Crippen LogP contribution in [0.4, 0.5) is 5.69 Å². The number of nitrogens with one attached hydrogen (secondary N) is 1. The van der Waals surface area contributed by atoms with Crippen molar-refractivity contribution >= 4 is 5.69 Å². The number of nitrogens with zero attached hydrogens (tertiary/aromatic N) is 1. The minimum Gasteiger partial charge on any atom is -0.398 e. The maximum absolute atomic E-state index is 5.93. The first-order valence-electron chi connectivity index (χ1n) is 6.08. The number of hydrogen-bond acceptors (Lipinski definition) is 5. The third-order valence-corrected chi connectivity index (χ3v) is 3.24.